The van der Waals surface area contributed by atoms with Crippen molar-refractivity contribution < 1.29 is 24.5 Å². The maximum atomic E-state index is 12.0. The van der Waals surface area contributed by atoms with Crippen molar-refractivity contribution in [2.45, 2.75) is 6.10 Å². The normalized spacial score (nSPS) is 15.8. The lowest BCUT2D eigenvalue weighted by Gasteiger charge is -2.14. The second-order valence-electron chi connectivity index (χ2n) is 4.22. The first kappa shape index (κ1) is 13.7. The van der Waals surface area contributed by atoms with Gasteiger partial charge in [-0.3, -0.25) is 14.5 Å². The van der Waals surface area contributed by atoms with Crippen LogP contribution in [0.5, 0.6) is 0 Å². The van der Waals surface area contributed by atoms with E-state index in [2.05, 4.69) is 0 Å². The summed E-state index contributed by atoms with van der Waals surface area (Å²) in [6, 6.07) is 6.65. The molecule has 0 aromatic heterocycles. The first-order valence-electron chi connectivity index (χ1n) is 5.97. The molecule has 0 aliphatic carbocycles. The summed E-state index contributed by atoms with van der Waals surface area (Å²) in [5.74, 6) is -0.654. The largest absolute Gasteiger partial charge is 0.394 e. The minimum Gasteiger partial charge on any atom is -0.394 e. The summed E-state index contributed by atoms with van der Waals surface area (Å²) in [4.78, 5) is 25.0. The van der Waals surface area contributed by atoms with E-state index in [-0.39, 0.29) is 38.2 Å². The molecule has 1 aliphatic rings. The average molecular weight is 265 g/mol. The third-order valence-electron chi connectivity index (χ3n) is 2.86. The lowest BCUT2D eigenvalue weighted by molar-refractivity contribution is 0.00190. The summed E-state index contributed by atoms with van der Waals surface area (Å²) in [5.41, 5.74) is 0.811. The van der Waals surface area contributed by atoms with E-state index in [0.29, 0.717) is 11.1 Å². The molecular weight excluding hydrogens is 250 g/mol. The van der Waals surface area contributed by atoms with Gasteiger partial charge >= 0.3 is 0 Å². The molecule has 2 N–H and O–H groups in total. The molecule has 0 unspecified atom stereocenters. The number of carbonyl (C=O) groups is 2. The summed E-state index contributed by atoms with van der Waals surface area (Å²) >= 11 is 0. The molecule has 1 heterocycles. The first-order chi connectivity index (χ1) is 9.15. The Labute approximate surface area is 110 Å². The van der Waals surface area contributed by atoms with E-state index in [1.165, 1.54) is 0 Å². The highest BCUT2D eigenvalue weighted by molar-refractivity contribution is 6.21. The van der Waals surface area contributed by atoms with Crippen molar-refractivity contribution >= 4 is 11.8 Å². The molecule has 2 amide bonds. The van der Waals surface area contributed by atoms with Gasteiger partial charge in [-0.15, -0.1) is 0 Å². The van der Waals surface area contributed by atoms with Gasteiger partial charge < -0.3 is 14.9 Å². The monoisotopic (exact) mass is 265 g/mol. The second kappa shape index (κ2) is 5.92. The predicted octanol–water partition coefficient (Wildman–Crippen LogP) is -0.348. The van der Waals surface area contributed by atoms with E-state index in [1.54, 1.807) is 24.3 Å². The third kappa shape index (κ3) is 2.81. The fourth-order valence-corrected chi connectivity index (χ4v) is 1.87. The molecule has 1 aromatic rings. The van der Waals surface area contributed by atoms with E-state index >= 15 is 0 Å². The van der Waals surface area contributed by atoms with Gasteiger partial charge in [0.1, 0.15) is 6.10 Å². The van der Waals surface area contributed by atoms with Gasteiger partial charge in [0.25, 0.3) is 11.8 Å². The maximum Gasteiger partial charge on any atom is 0.261 e. The van der Waals surface area contributed by atoms with E-state index < -0.39 is 6.10 Å². The van der Waals surface area contributed by atoms with Crippen LogP contribution in [0.2, 0.25) is 0 Å². The predicted molar refractivity (Wildman–Crippen MR) is 65.7 cm³/mol. The second-order valence-corrected chi connectivity index (χ2v) is 4.22. The summed E-state index contributed by atoms with van der Waals surface area (Å²) in [5, 5.41) is 17.7. The molecular formula is C13H15NO5. The van der Waals surface area contributed by atoms with Crippen LogP contribution in [0.3, 0.4) is 0 Å². The fourth-order valence-electron chi connectivity index (χ4n) is 1.87. The lowest BCUT2D eigenvalue weighted by Crippen LogP contribution is -2.33. The van der Waals surface area contributed by atoms with Crippen molar-refractivity contribution in [2.75, 3.05) is 26.4 Å². The number of imide groups is 1. The number of fused-ring (bicyclic) bond motifs is 1. The fraction of sp³-hybridized carbons (Fsp3) is 0.385. The zero-order valence-electron chi connectivity index (χ0n) is 10.3. The molecule has 19 heavy (non-hydrogen) atoms. The van der Waals surface area contributed by atoms with E-state index in [4.69, 9.17) is 14.9 Å². The van der Waals surface area contributed by atoms with Gasteiger partial charge in [-0.1, -0.05) is 12.1 Å². The van der Waals surface area contributed by atoms with Crippen molar-refractivity contribution in [3.05, 3.63) is 35.4 Å². The topological polar surface area (TPSA) is 87.1 Å². The van der Waals surface area contributed by atoms with Gasteiger partial charge in [-0.25, -0.2) is 0 Å². The Hall–Kier alpha value is -1.76. The molecule has 1 aliphatic heterocycles. The van der Waals surface area contributed by atoms with Crippen molar-refractivity contribution in [1.82, 2.24) is 4.90 Å². The highest BCUT2D eigenvalue weighted by atomic mass is 16.5. The Bertz CT molecular complexity index is 453. The van der Waals surface area contributed by atoms with Gasteiger partial charge in [0, 0.05) is 0 Å². The molecule has 1 aromatic carbocycles. The summed E-state index contributed by atoms with van der Waals surface area (Å²) < 4.78 is 5.09. The molecule has 0 fully saturated rings. The molecule has 6 heteroatoms. The van der Waals surface area contributed by atoms with Crippen molar-refractivity contribution in [3.63, 3.8) is 0 Å². The number of hydrogen-bond donors (Lipinski definition) is 2. The molecule has 0 saturated carbocycles. The number of carbonyl (C=O) groups excluding carboxylic acids is 2. The van der Waals surface area contributed by atoms with Crippen LogP contribution in [-0.4, -0.2) is 59.4 Å². The molecule has 0 spiro atoms. The standard InChI is InChI=1S/C13H15NO5/c15-7-9(16)8-19-6-5-14-12(17)10-3-1-2-4-11(10)13(14)18/h1-4,9,15-16H,5-8H2/t9-/m1/s1. The van der Waals surface area contributed by atoms with E-state index in [9.17, 15) is 9.59 Å². The minimum atomic E-state index is -0.942. The Morgan fingerprint density at radius 1 is 1.16 bits per heavy atom. The average Bonchev–Trinajstić information content (AvgIpc) is 2.68. The number of aliphatic hydroxyl groups is 2. The SMILES string of the molecule is O=C1c2ccccc2C(=O)N1CCOC[C@H](O)CO. The van der Waals surface area contributed by atoms with E-state index in [1.807, 2.05) is 0 Å². The Kier molecular flexibility index (Phi) is 4.26. The molecule has 0 bridgehead atoms. The van der Waals surface area contributed by atoms with Crippen LogP contribution in [0, 0.1) is 0 Å². The van der Waals surface area contributed by atoms with Crippen LogP contribution >= 0.6 is 0 Å². The molecule has 2 rings (SSSR count). The Morgan fingerprint density at radius 2 is 1.74 bits per heavy atom. The summed E-state index contributed by atoms with van der Waals surface area (Å²) in [6.07, 6.45) is -0.942. The molecule has 102 valence electrons. The number of rotatable bonds is 6. The number of amides is 2. The zero-order chi connectivity index (χ0) is 13.8. The quantitative estimate of drug-likeness (QED) is 0.542. The number of ether oxygens (including phenoxy) is 1. The maximum absolute atomic E-state index is 12.0. The van der Waals surface area contributed by atoms with Gasteiger partial charge in [0.05, 0.1) is 37.5 Å². The molecule has 0 radical (unpaired) electrons. The number of hydrogen-bond acceptors (Lipinski definition) is 5. The lowest BCUT2D eigenvalue weighted by atomic mass is 10.1. The molecule has 6 nitrogen and oxygen atoms in total. The Balaban J connectivity index is 1.90. The molecule has 1 atom stereocenters. The van der Waals surface area contributed by atoms with Crippen LogP contribution in [0.25, 0.3) is 0 Å². The van der Waals surface area contributed by atoms with Crippen LogP contribution in [0.15, 0.2) is 24.3 Å². The zero-order valence-corrected chi connectivity index (χ0v) is 10.3. The highest BCUT2D eigenvalue weighted by Crippen LogP contribution is 2.21. The summed E-state index contributed by atoms with van der Waals surface area (Å²) in [7, 11) is 0. The third-order valence-corrected chi connectivity index (χ3v) is 2.86. The molecule has 0 saturated heterocycles. The van der Waals surface area contributed by atoms with Crippen LogP contribution in [0.4, 0.5) is 0 Å². The Morgan fingerprint density at radius 3 is 2.26 bits per heavy atom. The number of aliphatic hydroxyl groups excluding tert-OH is 2. The van der Waals surface area contributed by atoms with Crippen LogP contribution < -0.4 is 0 Å². The highest BCUT2D eigenvalue weighted by Gasteiger charge is 2.34. The number of nitrogens with zero attached hydrogens (tertiary/aromatic N) is 1. The first-order valence-corrected chi connectivity index (χ1v) is 5.97. The van der Waals surface area contributed by atoms with Crippen LogP contribution in [0.1, 0.15) is 20.7 Å². The smallest absolute Gasteiger partial charge is 0.261 e. The number of benzene rings is 1. The van der Waals surface area contributed by atoms with Crippen molar-refractivity contribution in [1.29, 1.82) is 0 Å². The van der Waals surface area contributed by atoms with Gasteiger partial charge in [0.2, 0.25) is 0 Å². The van der Waals surface area contributed by atoms with Crippen LogP contribution in [-0.2, 0) is 4.74 Å². The van der Waals surface area contributed by atoms with Gasteiger partial charge in [-0.2, -0.15) is 0 Å². The van der Waals surface area contributed by atoms with E-state index in [0.717, 1.165) is 4.90 Å². The van der Waals surface area contributed by atoms with Gasteiger partial charge in [0.15, 0.2) is 0 Å². The van der Waals surface area contributed by atoms with Gasteiger partial charge in [-0.05, 0) is 12.1 Å². The summed E-state index contributed by atoms with van der Waals surface area (Å²) in [6.45, 7) is -0.153. The van der Waals surface area contributed by atoms with Crippen molar-refractivity contribution in [3.8, 4) is 0 Å². The minimum absolute atomic E-state index is 0.0281. The van der Waals surface area contributed by atoms with Crippen molar-refractivity contribution in [2.24, 2.45) is 0 Å².